The van der Waals surface area contributed by atoms with Gasteiger partial charge in [-0.05, 0) is 42.5 Å². The van der Waals surface area contributed by atoms with Gasteiger partial charge in [0.2, 0.25) is 21.7 Å². The summed E-state index contributed by atoms with van der Waals surface area (Å²) in [6.07, 6.45) is 0. The second kappa shape index (κ2) is 6.23. The van der Waals surface area contributed by atoms with Gasteiger partial charge >= 0.3 is 0 Å². The third-order valence-electron chi connectivity index (χ3n) is 3.26. The summed E-state index contributed by atoms with van der Waals surface area (Å²) in [5.74, 6) is 0.684. The summed E-state index contributed by atoms with van der Waals surface area (Å²) in [5, 5.41) is 5.76. The molecule has 1 aromatic carbocycles. The van der Waals surface area contributed by atoms with Gasteiger partial charge in [-0.25, -0.2) is 13.1 Å². The Kier molecular flexibility index (Phi) is 4.29. The van der Waals surface area contributed by atoms with Gasteiger partial charge in [0.1, 0.15) is 0 Å². The highest BCUT2D eigenvalue weighted by atomic mass is 32.2. The fourth-order valence-electron chi connectivity index (χ4n) is 2.06. The summed E-state index contributed by atoms with van der Waals surface area (Å²) in [7, 11) is -3.63. The van der Waals surface area contributed by atoms with Crippen LogP contribution in [0, 0.1) is 13.8 Å². The summed E-state index contributed by atoms with van der Waals surface area (Å²) in [5.41, 5.74) is 1.57. The van der Waals surface area contributed by atoms with Gasteiger partial charge in [-0.2, -0.15) is 4.98 Å². The highest BCUT2D eigenvalue weighted by molar-refractivity contribution is 7.89. The van der Waals surface area contributed by atoms with E-state index in [4.69, 9.17) is 4.52 Å². The first-order valence-electron chi connectivity index (χ1n) is 6.89. The van der Waals surface area contributed by atoms with Crippen LogP contribution in [-0.2, 0) is 16.6 Å². The Morgan fingerprint density at radius 1 is 1.26 bits per heavy atom. The average molecular weight is 349 g/mol. The maximum absolute atomic E-state index is 12.4. The Balaban J connectivity index is 1.76. The minimum Gasteiger partial charge on any atom is -0.337 e. The molecule has 6 nitrogen and oxygen atoms in total. The van der Waals surface area contributed by atoms with Crippen molar-refractivity contribution in [3.63, 3.8) is 0 Å². The van der Waals surface area contributed by atoms with Crippen LogP contribution in [0.1, 0.15) is 17.0 Å². The number of hydrogen-bond acceptors (Lipinski definition) is 6. The van der Waals surface area contributed by atoms with Crippen molar-refractivity contribution in [2.75, 3.05) is 0 Å². The second-order valence-electron chi connectivity index (χ2n) is 5.08. The first-order valence-corrected chi connectivity index (χ1v) is 9.25. The van der Waals surface area contributed by atoms with Crippen LogP contribution in [0.5, 0.6) is 0 Å². The van der Waals surface area contributed by atoms with Crippen LogP contribution in [0.4, 0.5) is 0 Å². The lowest BCUT2D eigenvalue weighted by molar-refractivity contribution is 0.376. The van der Waals surface area contributed by atoms with Gasteiger partial charge in [0, 0.05) is 0 Å². The molecule has 0 amide bonds. The van der Waals surface area contributed by atoms with Gasteiger partial charge in [-0.15, -0.1) is 11.3 Å². The lowest BCUT2D eigenvalue weighted by Crippen LogP contribution is -2.24. The smallest absolute Gasteiger partial charge is 0.242 e. The minimum absolute atomic E-state index is 0.0475. The fourth-order valence-corrected chi connectivity index (χ4v) is 4.02. The Bertz CT molecular complexity index is 915. The molecule has 2 aromatic heterocycles. The van der Waals surface area contributed by atoms with Gasteiger partial charge in [0.25, 0.3) is 0 Å². The van der Waals surface area contributed by atoms with Crippen LogP contribution in [-0.4, -0.2) is 18.6 Å². The third-order valence-corrected chi connectivity index (χ3v) is 5.67. The number of thiophene rings is 1. The number of nitrogens with zero attached hydrogens (tertiary/aromatic N) is 2. The Morgan fingerprint density at radius 2 is 2.09 bits per heavy atom. The molecule has 0 spiro atoms. The standard InChI is InChI=1S/C15H15N3O3S2/c1-10-5-6-11(2)13(8-10)23(19,20)16-9-14-17-15(18-21-14)12-4-3-7-22-12/h3-8,16H,9H2,1-2H3. The van der Waals surface area contributed by atoms with Crippen molar-refractivity contribution in [1.82, 2.24) is 14.9 Å². The normalized spacial score (nSPS) is 11.7. The Hall–Kier alpha value is -2.03. The van der Waals surface area contributed by atoms with Crippen LogP contribution < -0.4 is 4.72 Å². The summed E-state index contributed by atoms with van der Waals surface area (Å²) in [4.78, 5) is 5.33. The molecule has 8 heteroatoms. The van der Waals surface area contributed by atoms with E-state index < -0.39 is 10.0 Å². The monoisotopic (exact) mass is 349 g/mol. The lowest BCUT2D eigenvalue weighted by atomic mass is 10.2. The van der Waals surface area contributed by atoms with E-state index in [0.717, 1.165) is 10.4 Å². The largest absolute Gasteiger partial charge is 0.337 e. The number of hydrogen-bond donors (Lipinski definition) is 1. The maximum atomic E-state index is 12.4. The first kappa shape index (κ1) is 15.9. The lowest BCUT2D eigenvalue weighted by Gasteiger charge is -2.08. The molecule has 23 heavy (non-hydrogen) atoms. The first-order chi connectivity index (χ1) is 11.0. The summed E-state index contributed by atoms with van der Waals surface area (Å²) >= 11 is 1.49. The van der Waals surface area contributed by atoms with Crippen molar-refractivity contribution in [2.24, 2.45) is 0 Å². The molecule has 0 bridgehead atoms. The molecule has 0 saturated heterocycles. The fraction of sp³-hybridized carbons (Fsp3) is 0.200. The van der Waals surface area contributed by atoms with Crippen molar-refractivity contribution in [2.45, 2.75) is 25.3 Å². The molecule has 0 aliphatic carbocycles. The molecule has 0 unspecified atom stereocenters. The molecule has 120 valence electrons. The van der Waals surface area contributed by atoms with Crippen LogP contribution in [0.15, 0.2) is 45.1 Å². The van der Waals surface area contributed by atoms with Crippen molar-refractivity contribution in [3.05, 3.63) is 52.7 Å². The number of benzene rings is 1. The zero-order chi connectivity index (χ0) is 16.4. The summed E-state index contributed by atoms with van der Waals surface area (Å²) in [6.45, 7) is 3.56. The van der Waals surface area contributed by atoms with Crippen molar-refractivity contribution >= 4 is 21.4 Å². The maximum Gasteiger partial charge on any atom is 0.242 e. The molecular weight excluding hydrogens is 334 g/mol. The van der Waals surface area contributed by atoms with E-state index in [2.05, 4.69) is 14.9 Å². The van der Waals surface area contributed by atoms with Gasteiger partial charge in [0.05, 0.1) is 16.3 Å². The van der Waals surface area contributed by atoms with Gasteiger partial charge in [0.15, 0.2) is 0 Å². The summed E-state index contributed by atoms with van der Waals surface area (Å²) < 4.78 is 32.4. The van der Waals surface area contributed by atoms with Crippen LogP contribution in [0.25, 0.3) is 10.7 Å². The van der Waals surface area contributed by atoms with Gasteiger partial charge in [-0.1, -0.05) is 23.4 Å². The van der Waals surface area contributed by atoms with E-state index in [-0.39, 0.29) is 17.3 Å². The zero-order valence-electron chi connectivity index (χ0n) is 12.6. The number of sulfonamides is 1. The molecule has 3 rings (SSSR count). The molecule has 0 aliphatic rings. The topological polar surface area (TPSA) is 85.1 Å². The number of aryl methyl sites for hydroxylation is 2. The second-order valence-corrected chi connectivity index (χ2v) is 7.77. The quantitative estimate of drug-likeness (QED) is 0.765. The van der Waals surface area contributed by atoms with Crippen LogP contribution >= 0.6 is 11.3 Å². The van der Waals surface area contributed by atoms with E-state index in [0.29, 0.717) is 11.4 Å². The summed E-state index contributed by atoms with van der Waals surface area (Å²) in [6, 6.07) is 9.06. The molecular formula is C15H15N3O3S2. The SMILES string of the molecule is Cc1ccc(C)c(S(=O)(=O)NCc2nc(-c3cccs3)no2)c1. The minimum atomic E-state index is -3.63. The van der Waals surface area contributed by atoms with E-state index in [1.54, 1.807) is 19.1 Å². The Morgan fingerprint density at radius 3 is 2.83 bits per heavy atom. The molecule has 3 aromatic rings. The van der Waals surface area contributed by atoms with E-state index >= 15 is 0 Å². The molecule has 0 fully saturated rings. The van der Waals surface area contributed by atoms with E-state index in [1.807, 2.05) is 30.5 Å². The Labute approximate surface area is 138 Å². The molecule has 0 atom stereocenters. The number of aromatic nitrogens is 2. The van der Waals surface area contributed by atoms with Crippen molar-refractivity contribution in [1.29, 1.82) is 0 Å². The van der Waals surface area contributed by atoms with Gasteiger partial charge < -0.3 is 4.52 Å². The van der Waals surface area contributed by atoms with Gasteiger partial charge in [-0.3, -0.25) is 0 Å². The number of rotatable bonds is 5. The zero-order valence-corrected chi connectivity index (χ0v) is 14.2. The molecule has 2 heterocycles. The van der Waals surface area contributed by atoms with Crippen molar-refractivity contribution < 1.29 is 12.9 Å². The molecule has 0 saturated carbocycles. The molecule has 0 radical (unpaired) electrons. The van der Waals surface area contributed by atoms with E-state index in [9.17, 15) is 8.42 Å². The highest BCUT2D eigenvalue weighted by Crippen LogP contribution is 2.21. The average Bonchev–Trinajstić information content (AvgIpc) is 3.18. The third kappa shape index (κ3) is 3.49. The van der Waals surface area contributed by atoms with E-state index in [1.165, 1.54) is 11.3 Å². The predicted octanol–water partition coefficient (Wildman–Crippen LogP) is 2.89. The molecule has 0 aliphatic heterocycles. The van der Waals surface area contributed by atoms with Crippen LogP contribution in [0.2, 0.25) is 0 Å². The van der Waals surface area contributed by atoms with Crippen LogP contribution in [0.3, 0.4) is 0 Å². The van der Waals surface area contributed by atoms with Crippen molar-refractivity contribution in [3.8, 4) is 10.7 Å². The predicted molar refractivity (Wildman–Crippen MR) is 87.6 cm³/mol. The molecule has 1 N–H and O–H groups in total. The highest BCUT2D eigenvalue weighted by Gasteiger charge is 2.18. The number of nitrogens with one attached hydrogen (secondary N) is 1.